The zero-order chi connectivity index (χ0) is 22.9. The lowest BCUT2D eigenvalue weighted by molar-refractivity contribution is -0.116. The molecule has 0 fully saturated rings. The fraction of sp³-hybridized carbons (Fsp3) is 0.261. The molecular weight excluding hydrogens is 436 g/mol. The van der Waals surface area contributed by atoms with Crippen molar-refractivity contribution in [2.45, 2.75) is 40.4 Å². The van der Waals surface area contributed by atoms with Crippen LogP contribution in [0.5, 0.6) is 0 Å². The molecule has 5 heterocycles. The van der Waals surface area contributed by atoms with Crippen molar-refractivity contribution >= 4 is 34.0 Å². The first-order valence-electron chi connectivity index (χ1n) is 10.7. The third-order valence-electron chi connectivity index (χ3n) is 5.51. The van der Waals surface area contributed by atoms with Crippen LogP contribution in [-0.4, -0.2) is 40.2 Å². The average Bonchev–Trinajstić information content (AvgIpc) is 3.58. The second kappa shape index (κ2) is 8.62. The number of nitrogens with one attached hydrogen (secondary N) is 1. The molecule has 0 bridgehead atoms. The van der Waals surface area contributed by atoms with Crippen molar-refractivity contribution in [2.75, 3.05) is 5.32 Å². The molecule has 0 aromatic carbocycles. The maximum absolute atomic E-state index is 12.8. The summed E-state index contributed by atoms with van der Waals surface area (Å²) in [5.41, 5.74) is 5.36. The second-order valence-electron chi connectivity index (χ2n) is 7.85. The second-order valence-corrected chi connectivity index (χ2v) is 8.80. The molecule has 0 aliphatic carbocycles. The lowest BCUT2D eigenvalue weighted by Crippen LogP contribution is -2.19. The Morgan fingerprint density at radius 1 is 1.12 bits per heavy atom. The number of carbonyl (C=O) groups is 1. The lowest BCUT2D eigenvalue weighted by Gasteiger charge is -2.05. The van der Waals surface area contributed by atoms with Gasteiger partial charge in [-0.3, -0.25) is 14.2 Å². The quantitative estimate of drug-likeness (QED) is 0.398. The van der Waals surface area contributed by atoms with E-state index in [1.54, 1.807) is 33.1 Å². The Balaban J connectivity index is 1.31. The number of pyridine rings is 1. The molecule has 0 spiro atoms. The highest BCUT2D eigenvalue weighted by Crippen LogP contribution is 2.32. The van der Waals surface area contributed by atoms with Gasteiger partial charge in [0.1, 0.15) is 6.54 Å². The van der Waals surface area contributed by atoms with Crippen LogP contribution in [0.25, 0.3) is 21.5 Å². The van der Waals surface area contributed by atoms with Gasteiger partial charge in [0.15, 0.2) is 5.65 Å². The van der Waals surface area contributed by atoms with Crippen molar-refractivity contribution < 1.29 is 4.79 Å². The van der Waals surface area contributed by atoms with Crippen LogP contribution in [0, 0.1) is 13.8 Å². The number of aromatic nitrogens is 7. The van der Waals surface area contributed by atoms with Gasteiger partial charge in [0.25, 0.3) is 0 Å². The number of anilines is 1. The number of nitrogens with zero attached hydrogens (tertiary/aromatic N) is 7. The van der Waals surface area contributed by atoms with Gasteiger partial charge in [0, 0.05) is 41.1 Å². The van der Waals surface area contributed by atoms with Gasteiger partial charge in [-0.1, -0.05) is 6.07 Å². The van der Waals surface area contributed by atoms with Crippen LogP contribution >= 0.6 is 11.3 Å². The number of hydrogen-bond donors (Lipinski definition) is 1. The Bertz CT molecular complexity index is 1430. The van der Waals surface area contributed by atoms with Gasteiger partial charge in [-0.15, -0.1) is 11.3 Å². The van der Waals surface area contributed by atoms with Crippen molar-refractivity contribution in [1.29, 1.82) is 0 Å². The van der Waals surface area contributed by atoms with Crippen LogP contribution in [0.4, 0.5) is 5.69 Å². The largest absolute Gasteiger partial charge is 0.322 e. The van der Waals surface area contributed by atoms with E-state index in [4.69, 9.17) is 0 Å². The highest BCUT2D eigenvalue weighted by Gasteiger charge is 2.17. The van der Waals surface area contributed by atoms with Gasteiger partial charge in [0.2, 0.25) is 5.91 Å². The van der Waals surface area contributed by atoms with Gasteiger partial charge in [-0.2, -0.15) is 15.3 Å². The third kappa shape index (κ3) is 4.17. The summed E-state index contributed by atoms with van der Waals surface area (Å²) in [6, 6.07) is 6.10. The highest BCUT2D eigenvalue weighted by molar-refractivity contribution is 7.13. The van der Waals surface area contributed by atoms with E-state index in [-0.39, 0.29) is 12.5 Å². The summed E-state index contributed by atoms with van der Waals surface area (Å²) in [6.07, 6.45) is 7.26. The summed E-state index contributed by atoms with van der Waals surface area (Å²) in [7, 11) is 0. The Labute approximate surface area is 194 Å². The maximum Gasteiger partial charge on any atom is 0.246 e. The molecule has 0 saturated heterocycles. The van der Waals surface area contributed by atoms with Crippen molar-refractivity contribution in [3.8, 4) is 10.4 Å². The molecule has 1 N–H and O–H groups in total. The molecule has 0 atom stereocenters. The minimum atomic E-state index is -0.183. The summed E-state index contributed by atoms with van der Waals surface area (Å²) in [6.45, 7) is 7.48. The van der Waals surface area contributed by atoms with E-state index in [0.29, 0.717) is 17.9 Å². The van der Waals surface area contributed by atoms with Gasteiger partial charge < -0.3 is 5.32 Å². The number of rotatable bonds is 7. The van der Waals surface area contributed by atoms with Crippen LogP contribution < -0.4 is 5.32 Å². The topological polar surface area (TPSA) is 95.5 Å². The number of thiophene rings is 1. The number of fused-ring (bicyclic) bond motifs is 1. The molecular formula is C23H24N8OS. The summed E-state index contributed by atoms with van der Waals surface area (Å²) in [5, 5.41) is 19.4. The molecule has 0 radical (unpaired) electrons. The molecule has 5 aromatic rings. The van der Waals surface area contributed by atoms with E-state index >= 15 is 0 Å². The predicted molar refractivity (Wildman–Crippen MR) is 128 cm³/mol. The summed E-state index contributed by atoms with van der Waals surface area (Å²) >= 11 is 1.67. The van der Waals surface area contributed by atoms with Gasteiger partial charge >= 0.3 is 0 Å². The van der Waals surface area contributed by atoms with Crippen LogP contribution in [0.2, 0.25) is 0 Å². The molecule has 0 saturated carbocycles. The van der Waals surface area contributed by atoms with Crippen molar-refractivity contribution in [1.82, 2.24) is 34.3 Å². The first kappa shape index (κ1) is 21.1. The molecule has 168 valence electrons. The zero-order valence-electron chi connectivity index (χ0n) is 18.7. The normalized spacial score (nSPS) is 11.4. The van der Waals surface area contributed by atoms with Crippen molar-refractivity contribution in [3.05, 3.63) is 65.3 Å². The minimum Gasteiger partial charge on any atom is -0.322 e. The van der Waals surface area contributed by atoms with E-state index in [2.05, 4.69) is 38.6 Å². The molecule has 9 nitrogen and oxygen atoms in total. The Morgan fingerprint density at radius 3 is 2.76 bits per heavy atom. The fourth-order valence-corrected chi connectivity index (χ4v) is 4.69. The van der Waals surface area contributed by atoms with Gasteiger partial charge in [-0.25, -0.2) is 9.67 Å². The van der Waals surface area contributed by atoms with E-state index in [1.807, 2.05) is 48.4 Å². The van der Waals surface area contributed by atoms with Crippen molar-refractivity contribution in [3.63, 3.8) is 0 Å². The lowest BCUT2D eigenvalue weighted by atomic mass is 10.1. The molecule has 10 heteroatoms. The number of carbonyl (C=O) groups excluding carboxylic acids is 1. The Hall–Kier alpha value is -3.79. The summed E-state index contributed by atoms with van der Waals surface area (Å²) < 4.78 is 5.36. The molecule has 5 aromatic heterocycles. The summed E-state index contributed by atoms with van der Waals surface area (Å²) in [4.78, 5) is 18.4. The van der Waals surface area contributed by atoms with Crippen LogP contribution in [0.3, 0.4) is 0 Å². The van der Waals surface area contributed by atoms with E-state index < -0.39 is 0 Å². The maximum atomic E-state index is 12.8. The predicted octanol–water partition coefficient (Wildman–Crippen LogP) is 3.88. The highest BCUT2D eigenvalue weighted by atomic mass is 32.1. The number of aryl methyl sites for hydroxylation is 3. The van der Waals surface area contributed by atoms with E-state index in [1.165, 1.54) is 0 Å². The minimum absolute atomic E-state index is 0.0682. The SMILES string of the molecule is CCn1cc(Cn2cc(NC(=O)Cn3nc(C)c4c(-c5cccs5)ccnc43)cn2)c(C)n1. The summed E-state index contributed by atoms with van der Waals surface area (Å²) in [5.74, 6) is -0.183. The zero-order valence-corrected chi connectivity index (χ0v) is 19.5. The van der Waals surface area contributed by atoms with Gasteiger partial charge in [0.05, 0.1) is 35.2 Å². The van der Waals surface area contributed by atoms with E-state index in [9.17, 15) is 4.79 Å². The number of amides is 1. The van der Waals surface area contributed by atoms with Crippen LogP contribution in [0.1, 0.15) is 23.9 Å². The third-order valence-corrected chi connectivity index (χ3v) is 6.41. The molecule has 0 aliphatic rings. The Morgan fingerprint density at radius 2 is 2.00 bits per heavy atom. The fourth-order valence-electron chi connectivity index (χ4n) is 3.93. The first-order valence-corrected chi connectivity index (χ1v) is 11.6. The monoisotopic (exact) mass is 460 g/mol. The van der Waals surface area contributed by atoms with Crippen LogP contribution in [0.15, 0.2) is 48.4 Å². The molecule has 33 heavy (non-hydrogen) atoms. The first-order chi connectivity index (χ1) is 16.0. The van der Waals surface area contributed by atoms with Crippen LogP contribution in [-0.2, 0) is 24.4 Å². The molecule has 5 rings (SSSR count). The Kier molecular flexibility index (Phi) is 5.51. The van der Waals surface area contributed by atoms with E-state index in [0.717, 1.165) is 39.3 Å². The van der Waals surface area contributed by atoms with Gasteiger partial charge in [-0.05, 0) is 38.3 Å². The average molecular weight is 461 g/mol. The standard InChI is InChI=1S/C23H24N8OS/c1-4-29-11-17(15(2)27-29)12-30-13-18(10-25-30)26-21(32)14-31-23-22(16(3)28-31)19(7-8-24-23)20-6-5-9-33-20/h5-11,13H,4,12,14H2,1-3H3,(H,26,32). The molecule has 1 amide bonds. The number of hydrogen-bond acceptors (Lipinski definition) is 6. The molecule has 0 aliphatic heterocycles. The van der Waals surface area contributed by atoms with Crippen molar-refractivity contribution in [2.24, 2.45) is 0 Å². The molecule has 0 unspecified atom stereocenters. The smallest absolute Gasteiger partial charge is 0.246 e.